The van der Waals surface area contributed by atoms with Gasteiger partial charge in [-0.3, -0.25) is 10.1 Å². The minimum absolute atomic E-state index is 0.0403. The van der Waals surface area contributed by atoms with Gasteiger partial charge in [0.15, 0.2) is 11.6 Å². The summed E-state index contributed by atoms with van der Waals surface area (Å²) >= 11 is 0. The number of nitrogens with two attached hydrogens (primary N) is 1. The lowest BCUT2D eigenvalue weighted by atomic mass is 10.0. The van der Waals surface area contributed by atoms with Gasteiger partial charge in [0.1, 0.15) is 0 Å². The second kappa shape index (κ2) is 5.40. The number of phenols is 1. The first kappa shape index (κ1) is 13.1. The highest BCUT2D eigenvalue weighted by Gasteiger charge is 2.19. The molecule has 0 unspecified atom stereocenters. The minimum Gasteiger partial charge on any atom is -0.505 e. The van der Waals surface area contributed by atoms with Gasteiger partial charge in [-0.1, -0.05) is 6.08 Å². The van der Waals surface area contributed by atoms with Crippen molar-refractivity contribution in [2.45, 2.75) is 18.9 Å². The quantitative estimate of drug-likeness (QED) is 0.469. The summed E-state index contributed by atoms with van der Waals surface area (Å²) in [4.78, 5) is 9.82. The Hall–Kier alpha value is -1.95. The molecule has 0 aliphatic heterocycles. The highest BCUT2D eigenvalue weighted by Crippen LogP contribution is 2.32. The average molecular weight is 240 g/mol. The number of hydrogen-bond acceptors (Lipinski definition) is 4. The third kappa shape index (κ3) is 3.01. The SMILES string of the molecule is C=CCC[C@H](N)c1cc([N+](=O)[O-])cc(F)c1O. The number of nitrogens with zero attached hydrogens (tertiary/aromatic N) is 1. The highest BCUT2D eigenvalue weighted by molar-refractivity contribution is 5.45. The molecule has 1 aromatic carbocycles. The van der Waals surface area contributed by atoms with Gasteiger partial charge in [0.05, 0.1) is 11.0 Å². The number of aromatic hydroxyl groups is 1. The van der Waals surface area contributed by atoms with Crippen molar-refractivity contribution in [2.75, 3.05) is 0 Å². The van der Waals surface area contributed by atoms with Gasteiger partial charge in [0, 0.05) is 17.7 Å². The molecule has 1 aromatic rings. The van der Waals surface area contributed by atoms with E-state index in [0.717, 1.165) is 6.07 Å². The van der Waals surface area contributed by atoms with Crippen LogP contribution in [0.4, 0.5) is 10.1 Å². The van der Waals surface area contributed by atoms with Crippen molar-refractivity contribution in [3.63, 3.8) is 0 Å². The third-order valence-corrected chi connectivity index (χ3v) is 2.37. The molecule has 0 saturated heterocycles. The van der Waals surface area contributed by atoms with Crippen LogP contribution in [0.5, 0.6) is 5.75 Å². The van der Waals surface area contributed by atoms with E-state index in [1.807, 2.05) is 0 Å². The number of allylic oxidation sites excluding steroid dienone is 1. The molecule has 0 aliphatic carbocycles. The zero-order valence-corrected chi connectivity index (χ0v) is 9.10. The molecule has 0 spiro atoms. The summed E-state index contributed by atoms with van der Waals surface area (Å²) in [5, 5.41) is 20.0. The molecule has 5 nitrogen and oxygen atoms in total. The number of halogens is 1. The van der Waals surface area contributed by atoms with Crippen LogP contribution in [0.15, 0.2) is 24.8 Å². The molecular formula is C11H13FN2O3. The number of benzene rings is 1. The van der Waals surface area contributed by atoms with E-state index < -0.39 is 28.2 Å². The van der Waals surface area contributed by atoms with Crippen LogP contribution < -0.4 is 5.73 Å². The van der Waals surface area contributed by atoms with Crippen molar-refractivity contribution in [2.24, 2.45) is 5.73 Å². The van der Waals surface area contributed by atoms with Gasteiger partial charge in [-0.2, -0.15) is 0 Å². The molecule has 0 bridgehead atoms. The Morgan fingerprint density at radius 2 is 2.29 bits per heavy atom. The minimum atomic E-state index is -1.04. The van der Waals surface area contributed by atoms with Gasteiger partial charge in [-0.15, -0.1) is 6.58 Å². The van der Waals surface area contributed by atoms with E-state index in [1.165, 1.54) is 0 Å². The fourth-order valence-corrected chi connectivity index (χ4v) is 1.45. The third-order valence-electron chi connectivity index (χ3n) is 2.37. The molecule has 1 rings (SSSR count). The fourth-order valence-electron chi connectivity index (χ4n) is 1.45. The predicted molar refractivity (Wildman–Crippen MR) is 61.1 cm³/mol. The summed E-state index contributed by atoms with van der Waals surface area (Å²) in [6.07, 6.45) is 2.63. The number of non-ortho nitro benzene ring substituents is 1. The van der Waals surface area contributed by atoms with E-state index in [0.29, 0.717) is 18.9 Å². The Morgan fingerprint density at radius 1 is 1.65 bits per heavy atom. The smallest absolute Gasteiger partial charge is 0.272 e. The summed E-state index contributed by atoms with van der Waals surface area (Å²) in [6, 6.07) is 1.09. The van der Waals surface area contributed by atoms with E-state index in [1.54, 1.807) is 6.08 Å². The topological polar surface area (TPSA) is 89.4 Å². The van der Waals surface area contributed by atoms with Gasteiger partial charge in [-0.05, 0) is 12.8 Å². The summed E-state index contributed by atoms with van der Waals surface area (Å²) in [5.74, 6) is -1.67. The second-order valence-corrected chi connectivity index (χ2v) is 3.60. The molecule has 1 atom stereocenters. The van der Waals surface area contributed by atoms with E-state index >= 15 is 0 Å². The maximum absolute atomic E-state index is 13.3. The van der Waals surface area contributed by atoms with Crippen molar-refractivity contribution in [3.05, 3.63) is 46.3 Å². The first-order valence-electron chi connectivity index (χ1n) is 5.00. The van der Waals surface area contributed by atoms with E-state index in [4.69, 9.17) is 5.73 Å². The van der Waals surface area contributed by atoms with Crippen LogP contribution in [0.3, 0.4) is 0 Å². The number of rotatable bonds is 5. The Bertz CT molecular complexity index is 449. The summed E-state index contributed by atoms with van der Waals surface area (Å²) in [7, 11) is 0. The molecule has 0 aromatic heterocycles. The van der Waals surface area contributed by atoms with E-state index in [9.17, 15) is 19.6 Å². The molecule has 0 heterocycles. The molecule has 0 fully saturated rings. The Labute approximate surface area is 97.5 Å². The lowest BCUT2D eigenvalue weighted by Gasteiger charge is -2.12. The zero-order chi connectivity index (χ0) is 13.0. The van der Waals surface area contributed by atoms with Gasteiger partial charge < -0.3 is 10.8 Å². The maximum atomic E-state index is 13.3. The van der Waals surface area contributed by atoms with Crippen LogP contribution in [-0.2, 0) is 0 Å². The van der Waals surface area contributed by atoms with Crippen molar-refractivity contribution in [1.82, 2.24) is 0 Å². The molecule has 17 heavy (non-hydrogen) atoms. The number of phenolic OH excluding ortho intramolecular Hbond substituents is 1. The molecule has 0 saturated carbocycles. The van der Waals surface area contributed by atoms with Crippen molar-refractivity contribution < 1.29 is 14.4 Å². The van der Waals surface area contributed by atoms with Crippen LogP contribution in [0, 0.1) is 15.9 Å². The lowest BCUT2D eigenvalue weighted by molar-refractivity contribution is -0.385. The Balaban J connectivity index is 3.12. The predicted octanol–water partition coefficient (Wildman–Crippen LogP) is 2.41. The van der Waals surface area contributed by atoms with Crippen LogP contribution in [0.1, 0.15) is 24.4 Å². The monoisotopic (exact) mass is 240 g/mol. The standard InChI is InChI=1S/C11H13FN2O3/c1-2-3-4-10(13)8-5-7(14(16)17)6-9(12)11(8)15/h2,5-6,10,15H,1,3-4,13H2/t10-/m0/s1. The normalized spacial score (nSPS) is 12.1. The van der Waals surface area contributed by atoms with Crippen LogP contribution in [0.25, 0.3) is 0 Å². The number of hydrogen-bond donors (Lipinski definition) is 2. The number of nitro groups is 1. The number of nitro benzene ring substituents is 1. The highest BCUT2D eigenvalue weighted by atomic mass is 19.1. The van der Waals surface area contributed by atoms with Gasteiger partial charge >= 0.3 is 0 Å². The van der Waals surface area contributed by atoms with Crippen LogP contribution in [0.2, 0.25) is 0 Å². The fraction of sp³-hybridized carbons (Fsp3) is 0.273. The van der Waals surface area contributed by atoms with Gasteiger partial charge in [0.2, 0.25) is 0 Å². The lowest BCUT2D eigenvalue weighted by Crippen LogP contribution is -2.11. The van der Waals surface area contributed by atoms with Crippen LogP contribution in [-0.4, -0.2) is 10.0 Å². The molecule has 3 N–H and O–H groups in total. The summed E-state index contributed by atoms with van der Waals surface area (Å²) < 4.78 is 13.3. The molecule has 0 amide bonds. The summed E-state index contributed by atoms with van der Waals surface area (Å²) in [5.41, 5.74) is 5.34. The van der Waals surface area contributed by atoms with Crippen molar-refractivity contribution in [3.8, 4) is 5.75 Å². The van der Waals surface area contributed by atoms with Crippen molar-refractivity contribution in [1.29, 1.82) is 0 Å². The first-order valence-corrected chi connectivity index (χ1v) is 5.00. The van der Waals surface area contributed by atoms with E-state index in [2.05, 4.69) is 6.58 Å². The van der Waals surface area contributed by atoms with Crippen LogP contribution >= 0.6 is 0 Å². The summed E-state index contributed by atoms with van der Waals surface area (Å²) in [6.45, 7) is 3.51. The Morgan fingerprint density at radius 3 is 2.82 bits per heavy atom. The Kier molecular flexibility index (Phi) is 4.17. The van der Waals surface area contributed by atoms with Gasteiger partial charge in [-0.25, -0.2) is 4.39 Å². The van der Waals surface area contributed by atoms with E-state index in [-0.39, 0.29) is 5.56 Å². The molecule has 0 radical (unpaired) electrons. The van der Waals surface area contributed by atoms with Crippen molar-refractivity contribution >= 4 is 5.69 Å². The van der Waals surface area contributed by atoms with Gasteiger partial charge in [0.25, 0.3) is 5.69 Å². The molecular weight excluding hydrogens is 227 g/mol. The molecule has 6 heteroatoms. The molecule has 0 aliphatic rings. The largest absolute Gasteiger partial charge is 0.505 e. The zero-order valence-electron chi connectivity index (χ0n) is 9.10. The average Bonchev–Trinajstić information content (AvgIpc) is 2.29. The second-order valence-electron chi connectivity index (χ2n) is 3.60. The maximum Gasteiger partial charge on any atom is 0.272 e. The molecule has 92 valence electrons. The first-order chi connectivity index (χ1) is 7.97.